The number of fused-ring (bicyclic) bond motifs is 3. The quantitative estimate of drug-likeness (QED) is 0.309. The number of aryl methyl sites for hydroxylation is 4. The third-order valence-electron chi connectivity index (χ3n) is 7.58. The van der Waals surface area contributed by atoms with E-state index in [4.69, 9.17) is 9.97 Å². The number of hydrogen-bond acceptors (Lipinski definition) is 9. The fourth-order valence-corrected chi connectivity index (χ4v) is 5.66. The Morgan fingerprint density at radius 2 is 1.24 bits per heavy atom. The average molecular weight is 551 g/mol. The van der Waals surface area contributed by atoms with Crippen LogP contribution in [0.25, 0.3) is 17.1 Å². The van der Waals surface area contributed by atoms with Crippen molar-refractivity contribution in [3.8, 4) is 0 Å². The molecular weight excluding hydrogens is 524 g/mol. The van der Waals surface area contributed by atoms with Crippen molar-refractivity contribution in [1.82, 2.24) is 20.2 Å². The maximum atomic E-state index is 12.4. The number of ketones is 1. The first-order chi connectivity index (χ1) is 20.4. The minimum absolute atomic E-state index is 0.250. The van der Waals surface area contributed by atoms with Crippen LogP contribution in [0.5, 0.6) is 0 Å². The van der Waals surface area contributed by atoms with Gasteiger partial charge in [0, 0.05) is 0 Å². The molecule has 0 radical (unpaired) electrons. The van der Waals surface area contributed by atoms with E-state index in [-0.39, 0.29) is 5.78 Å². The van der Waals surface area contributed by atoms with Gasteiger partial charge in [0.2, 0.25) is 5.78 Å². The second-order valence-corrected chi connectivity index (χ2v) is 10.4. The lowest BCUT2D eigenvalue weighted by molar-refractivity contribution is 0.106. The molecule has 9 nitrogen and oxygen atoms in total. The van der Waals surface area contributed by atoms with E-state index < -0.39 is 0 Å². The van der Waals surface area contributed by atoms with Crippen LogP contribution in [0.3, 0.4) is 0 Å². The van der Waals surface area contributed by atoms with Crippen LogP contribution >= 0.6 is 0 Å². The molecule has 0 atom stereocenters. The predicted octanol–water partition coefficient (Wildman–Crippen LogP) is 5.07. The van der Waals surface area contributed by atoms with Gasteiger partial charge in [0.05, 0.1) is 40.4 Å². The summed E-state index contributed by atoms with van der Waals surface area (Å²) in [6.07, 6.45) is 6.40. The zero-order chi connectivity index (χ0) is 29.0. The highest BCUT2D eigenvalue weighted by Crippen LogP contribution is 2.50. The van der Waals surface area contributed by atoms with Crippen LogP contribution in [-0.4, -0.2) is 32.2 Å². The van der Waals surface area contributed by atoms with Gasteiger partial charge in [0.1, 0.15) is 16.5 Å². The first kappa shape index (κ1) is 25.4. The monoisotopic (exact) mass is 550 g/mol. The number of carbonyl (C=O) groups excluding carboxylic acids is 1. The van der Waals surface area contributed by atoms with E-state index in [9.17, 15) is 4.79 Å². The number of hydrogen-bond donors (Lipinski definition) is 0. The Kier molecular flexibility index (Phi) is 5.93. The molecule has 2 aromatic heterocycles. The molecule has 9 heteroatoms. The van der Waals surface area contributed by atoms with Gasteiger partial charge in [-0.15, -0.1) is 10.2 Å². The molecule has 0 N–H and O–H groups in total. The Hall–Kier alpha value is -5.57. The molecule has 2 aliphatic rings. The van der Waals surface area contributed by atoms with Gasteiger partial charge in [-0.05, 0) is 74.2 Å². The third-order valence-corrected chi connectivity index (χ3v) is 7.58. The van der Waals surface area contributed by atoms with Gasteiger partial charge in [-0.1, -0.05) is 48.5 Å². The highest BCUT2D eigenvalue weighted by atomic mass is 16.1. The van der Waals surface area contributed by atoms with Crippen molar-refractivity contribution in [3.63, 3.8) is 0 Å². The van der Waals surface area contributed by atoms with E-state index in [0.717, 1.165) is 62.1 Å². The van der Waals surface area contributed by atoms with Gasteiger partial charge in [-0.3, -0.25) is 14.6 Å². The lowest BCUT2D eigenvalue weighted by Crippen LogP contribution is -2.36. The summed E-state index contributed by atoms with van der Waals surface area (Å²) in [6, 6.07) is 20.4. The number of para-hydroxylation sites is 4. The molecule has 204 valence electrons. The maximum absolute atomic E-state index is 12.4. The van der Waals surface area contributed by atoms with Crippen molar-refractivity contribution in [2.75, 3.05) is 9.80 Å². The zero-order valence-corrected chi connectivity index (χ0v) is 23.6. The molecule has 3 aromatic carbocycles. The second kappa shape index (κ2) is 9.81. The van der Waals surface area contributed by atoms with Crippen LogP contribution in [0.1, 0.15) is 32.6 Å². The van der Waals surface area contributed by atoms with Gasteiger partial charge < -0.3 is 0 Å². The van der Waals surface area contributed by atoms with E-state index >= 15 is 0 Å². The number of aromatic nitrogens is 4. The maximum Gasteiger partial charge on any atom is 0.209 e. The van der Waals surface area contributed by atoms with Gasteiger partial charge >= 0.3 is 0 Å². The summed E-state index contributed by atoms with van der Waals surface area (Å²) < 4.78 is 0. The van der Waals surface area contributed by atoms with Gasteiger partial charge in [-0.25, -0.2) is 9.97 Å². The standard InChI is InChI=1S/C33H26N8O/c1-19-9-7-10-20(2)30(19)40-28(16-15-26-29-23(17-34-38-26)27(42)18-35-39-29)41(31-21(3)11-8-12-22(31)4)33-32(40)36-24-13-5-6-14-25(24)37-33/h5-18H,1-4H3/b26-15+. The molecule has 7 rings (SSSR count). The molecule has 0 fully saturated rings. The van der Waals surface area contributed by atoms with Crippen molar-refractivity contribution >= 4 is 52.1 Å². The molecule has 0 amide bonds. The van der Waals surface area contributed by atoms with Crippen LogP contribution in [0.4, 0.5) is 23.0 Å². The van der Waals surface area contributed by atoms with Gasteiger partial charge in [-0.2, -0.15) is 10.2 Å². The number of nitrogens with zero attached hydrogens (tertiary/aromatic N) is 8. The third kappa shape index (κ3) is 3.97. The fourth-order valence-electron chi connectivity index (χ4n) is 5.66. The molecule has 0 aliphatic carbocycles. The van der Waals surface area contributed by atoms with E-state index in [1.165, 1.54) is 12.4 Å². The van der Waals surface area contributed by atoms with Crippen LogP contribution in [0, 0.1) is 27.7 Å². The molecule has 0 unspecified atom stereocenters. The van der Waals surface area contributed by atoms with Gasteiger partial charge in [0.15, 0.2) is 11.6 Å². The second-order valence-electron chi connectivity index (χ2n) is 10.4. The number of benzene rings is 3. The Morgan fingerprint density at radius 3 is 1.79 bits per heavy atom. The van der Waals surface area contributed by atoms with E-state index in [1.54, 1.807) is 0 Å². The largest absolute Gasteiger partial charge is 0.287 e. The highest BCUT2D eigenvalue weighted by Gasteiger charge is 2.38. The Morgan fingerprint density at radius 1 is 0.690 bits per heavy atom. The summed E-state index contributed by atoms with van der Waals surface area (Å²) in [6.45, 7) is 8.39. The summed E-state index contributed by atoms with van der Waals surface area (Å²) in [5.74, 6) is 2.00. The summed E-state index contributed by atoms with van der Waals surface area (Å²) in [7, 11) is 0. The molecular formula is C33H26N8O. The Labute approximate surface area is 241 Å². The van der Waals surface area contributed by atoms with Crippen molar-refractivity contribution in [2.45, 2.75) is 27.7 Å². The summed E-state index contributed by atoms with van der Waals surface area (Å²) in [5.41, 5.74) is 8.38. The number of Topliss-reactive ketones (excluding diaryl/α,β-unsaturated/α-hetero) is 1. The minimum Gasteiger partial charge on any atom is -0.287 e. The number of rotatable bonds is 3. The van der Waals surface area contributed by atoms with Crippen molar-refractivity contribution in [1.29, 1.82) is 0 Å². The lowest BCUT2D eigenvalue weighted by Gasteiger charge is -2.28. The van der Waals surface area contributed by atoms with Crippen molar-refractivity contribution in [3.05, 3.63) is 117 Å². The number of anilines is 4. The Balaban J connectivity index is 1.59. The predicted molar refractivity (Wildman–Crippen MR) is 164 cm³/mol. The average Bonchev–Trinajstić information content (AvgIpc) is 3.27. The van der Waals surface area contributed by atoms with E-state index in [0.29, 0.717) is 16.3 Å². The molecule has 0 bridgehead atoms. The molecule has 5 aromatic rings. The van der Waals surface area contributed by atoms with Crippen LogP contribution in [0.15, 0.2) is 89.0 Å². The molecule has 0 saturated heterocycles. The molecule has 2 aliphatic heterocycles. The topological polar surface area (TPSA) is 99.8 Å². The summed E-state index contributed by atoms with van der Waals surface area (Å²) >= 11 is 0. The zero-order valence-electron chi connectivity index (χ0n) is 23.6. The van der Waals surface area contributed by atoms with Crippen LogP contribution in [-0.2, 0) is 0 Å². The van der Waals surface area contributed by atoms with Crippen molar-refractivity contribution in [2.24, 2.45) is 10.2 Å². The van der Waals surface area contributed by atoms with Crippen molar-refractivity contribution < 1.29 is 4.79 Å². The van der Waals surface area contributed by atoms with Crippen LogP contribution in [0.2, 0.25) is 0 Å². The Bertz CT molecular complexity index is 1990. The highest BCUT2D eigenvalue weighted by molar-refractivity contribution is 6.35. The normalized spacial score (nSPS) is 14.3. The van der Waals surface area contributed by atoms with Crippen LogP contribution < -0.4 is 20.5 Å². The minimum atomic E-state index is -0.250. The number of carbonyl (C=O) groups is 1. The first-order valence-corrected chi connectivity index (χ1v) is 13.6. The fraction of sp³-hybridized carbons (Fsp3) is 0.121. The van der Waals surface area contributed by atoms with E-state index in [1.807, 2.05) is 36.4 Å². The lowest BCUT2D eigenvalue weighted by atomic mass is 10.1. The molecule has 0 spiro atoms. The molecule has 42 heavy (non-hydrogen) atoms. The molecule has 4 heterocycles. The molecule has 0 saturated carbocycles. The smallest absolute Gasteiger partial charge is 0.209 e. The van der Waals surface area contributed by atoms with E-state index in [2.05, 4.69) is 94.3 Å². The first-order valence-electron chi connectivity index (χ1n) is 13.6. The number of allylic oxidation sites excluding steroid dienone is 1. The van der Waals surface area contributed by atoms with Gasteiger partial charge in [0.25, 0.3) is 0 Å². The SMILES string of the molecule is Cc1cccc(C)c1N1C(=C/C=c2/nncc3c2=NN=CC3=O)N(c2c(C)cccc2C)c2nc3ccccc3nc21. The summed E-state index contributed by atoms with van der Waals surface area (Å²) in [5, 5.41) is 17.3. The summed E-state index contributed by atoms with van der Waals surface area (Å²) in [4.78, 5) is 27.1.